The summed E-state index contributed by atoms with van der Waals surface area (Å²) in [4.78, 5) is 2.67. The fourth-order valence-electron chi connectivity index (χ4n) is 3.71. The summed E-state index contributed by atoms with van der Waals surface area (Å²) >= 11 is 6.06. The van der Waals surface area contributed by atoms with Crippen molar-refractivity contribution in [1.82, 2.24) is 4.90 Å². The van der Waals surface area contributed by atoms with Gasteiger partial charge in [0.1, 0.15) is 5.75 Å². The largest absolute Gasteiger partial charge is 0.493 e. The molecule has 0 spiro atoms. The van der Waals surface area contributed by atoms with Crippen LogP contribution in [0.4, 0.5) is 0 Å². The number of aliphatic hydroxyl groups excluding tert-OH is 1. The third-order valence-electron chi connectivity index (χ3n) is 5.46. The van der Waals surface area contributed by atoms with Crippen molar-refractivity contribution in [2.24, 2.45) is 11.8 Å². The predicted octanol–water partition coefficient (Wildman–Crippen LogP) is 3.30. The quantitative estimate of drug-likeness (QED) is 0.652. The maximum absolute atomic E-state index is 12.0. The van der Waals surface area contributed by atoms with Crippen LogP contribution in [0.2, 0.25) is 5.02 Å². The number of hydrogen-bond donors (Lipinski definition) is 1. The minimum Gasteiger partial charge on any atom is -0.493 e. The first kappa shape index (κ1) is 22.1. The Kier molecular flexibility index (Phi) is 7.57. The highest BCUT2D eigenvalue weighted by Gasteiger charge is 2.29. The lowest BCUT2D eigenvalue weighted by Crippen LogP contribution is -2.24. The molecule has 1 aliphatic heterocycles. The van der Waals surface area contributed by atoms with Gasteiger partial charge in [0.2, 0.25) is 0 Å². The third-order valence-corrected chi connectivity index (χ3v) is 7.40. The van der Waals surface area contributed by atoms with Crippen LogP contribution in [0.3, 0.4) is 0 Å². The van der Waals surface area contributed by atoms with Crippen LogP contribution in [-0.2, 0) is 16.3 Å². The van der Waals surface area contributed by atoms with Crippen molar-refractivity contribution in [1.29, 1.82) is 0 Å². The van der Waals surface area contributed by atoms with Crippen LogP contribution in [0.1, 0.15) is 12.5 Å². The molecule has 0 bridgehead atoms. The van der Waals surface area contributed by atoms with E-state index in [9.17, 15) is 8.42 Å². The fraction of sp³-hybridized carbons (Fsp3) is 0.455. The van der Waals surface area contributed by atoms with Crippen molar-refractivity contribution in [3.8, 4) is 5.75 Å². The first-order chi connectivity index (χ1) is 13.9. The SMILES string of the molecule is CC1CN(CCc2cccc(Cl)c2)CC1COc1ccc(S(=O)(=O)CCO)cc1. The third kappa shape index (κ3) is 6.19. The molecule has 0 aromatic heterocycles. The Labute approximate surface area is 178 Å². The summed E-state index contributed by atoms with van der Waals surface area (Å²) in [7, 11) is -3.43. The zero-order chi connectivity index (χ0) is 20.9. The summed E-state index contributed by atoms with van der Waals surface area (Å²) in [5.74, 6) is 1.38. The molecule has 29 heavy (non-hydrogen) atoms. The highest BCUT2D eigenvalue weighted by atomic mass is 35.5. The molecule has 2 atom stereocenters. The second-order valence-corrected chi connectivity index (χ2v) is 10.2. The molecule has 0 radical (unpaired) electrons. The Hall–Kier alpha value is -1.60. The zero-order valence-corrected chi connectivity index (χ0v) is 18.2. The van der Waals surface area contributed by atoms with Gasteiger partial charge in [0, 0.05) is 30.6 Å². The Morgan fingerprint density at radius 1 is 1.17 bits per heavy atom. The van der Waals surface area contributed by atoms with Gasteiger partial charge in [-0.1, -0.05) is 30.7 Å². The van der Waals surface area contributed by atoms with E-state index in [2.05, 4.69) is 17.9 Å². The van der Waals surface area contributed by atoms with Crippen molar-refractivity contribution in [2.45, 2.75) is 18.2 Å². The van der Waals surface area contributed by atoms with Crippen molar-refractivity contribution in [3.05, 3.63) is 59.1 Å². The fourth-order valence-corrected chi connectivity index (χ4v) is 4.95. The van der Waals surface area contributed by atoms with Gasteiger partial charge in [-0.15, -0.1) is 0 Å². The molecule has 1 saturated heterocycles. The van der Waals surface area contributed by atoms with E-state index in [1.807, 2.05) is 18.2 Å². The van der Waals surface area contributed by atoms with Gasteiger partial charge in [-0.05, 0) is 54.3 Å². The Bertz CT molecular complexity index is 901. The van der Waals surface area contributed by atoms with Gasteiger partial charge in [0.15, 0.2) is 9.84 Å². The van der Waals surface area contributed by atoms with E-state index in [4.69, 9.17) is 21.4 Å². The van der Waals surface area contributed by atoms with Crippen LogP contribution >= 0.6 is 11.6 Å². The predicted molar refractivity (Wildman–Crippen MR) is 115 cm³/mol. The number of rotatable bonds is 9. The number of aliphatic hydroxyl groups is 1. The van der Waals surface area contributed by atoms with Crippen molar-refractivity contribution in [2.75, 3.05) is 38.6 Å². The summed E-state index contributed by atoms with van der Waals surface area (Å²) in [5, 5.41) is 9.65. The second-order valence-electron chi connectivity index (χ2n) is 7.70. The van der Waals surface area contributed by atoms with Crippen LogP contribution < -0.4 is 4.74 Å². The Morgan fingerprint density at radius 2 is 1.93 bits per heavy atom. The lowest BCUT2D eigenvalue weighted by atomic mass is 9.99. The van der Waals surface area contributed by atoms with E-state index < -0.39 is 9.84 Å². The van der Waals surface area contributed by atoms with E-state index in [0.29, 0.717) is 24.2 Å². The second kappa shape index (κ2) is 9.94. The van der Waals surface area contributed by atoms with Gasteiger partial charge >= 0.3 is 0 Å². The van der Waals surface area contributed by atoms with Gasteiger partial charge in [-0.25, -0.2) is 8.42 Å². The molecular weight excluding hydrogens is 410 g/mol. The van der Waals surface area contributed by atoms with Gasteiger partial charge in [0.05, 0.1) is 23.9 Å². The first-order valence-corrected chi connectivity index (χ1v) is 11.9. The molecule has 3 rings (SSSR count). The molecule has 7 heteroatoms. The number of benzene rings is 2. The number of ether oxygens (including phenoxy) is 1. The van der Waals surface area contributed by atoms with E-state index in [-0.39, 0.29) is 17.3 Å². The summed E-state index contributed by atoms with van der Waals surface area (Å²) in [6.07, 6.45) is 0.977. The standard InChI is InChI=1S/C22H28ClNO4S/c1-17-14-24(10-9-18-3-2-4-20(23)13-18)15-19(17)16-28-21-5-7-22(8-6-21)29(26,27)12-11-25/h2-8,13,17,19,25H,9-12,14-16H2,1H3. The average molecular weight is 438 g/mol. The monoisotopic (exact) mass is 437 g/mol. The molecule has 1 fully saturated rings. The molecule has 1 N–H and O–H groups in total. The zero-order valence-electron chi connectivity index (χ0n) is 16.6. The maximum atomic E-state index is 12.0. The van der Waals surface area contributed by atoms with E-state index in [1.165, 1.54) is 17.7 Å². The first-order valence-electron chi connectivity index (χ1n) is 9.90. The topological polar surface area (TPSA) is 66.8 Å². The van der Waals surface area contributed by atoms with Crippen molar-refractivity contribution >= 4 is 21.4 Å². The van der Waals surface area contributed by atoms with Gasteiger partial charge in [-0.2, -0.15) is 0 Å². The number of sulfone groups is 1. The molecule has 0 aliphatic carbocycles. The molecule has 1 heterocycles. The highest BCUT2D eigenvalue weighted by Crippen LogP contribution is 2.25. The van der Waals surface area contributed by atoms with Crippen molar-refractivity contribution in [3.63, 3.8) is 0 Å². The van der Waals surface area contributed by atoms with Crippen LogP contribution in [0.15, 0.2) is 53.4 Å². The normalized spacial score (nSPS) is 20.1. The molecule has 0 amide bonds. The highest BCUT2D eigenvalue weighted by molar-refractivity contribution is 7.91. The van der Waals surface area contributed by atoms with Crippen LogP contribution in [0, 0.1) is 11.8 Å². The van der Waals surface area contributed by atoms with Crippen LogP contribution in [0.25, 0.3) is 0 Å². The molecule has 2 unspecified atom stereocenters. The van der Waals surface area contributed by atoms with E-state index in [1.54, 1.807) is 12.1 Å². The van der Waals surface area contributed by atoms with Gasteiger partial charge in [-0.3, -0.25) is 0 Å². The lowest BCUT2D eigenvalue weighted by Gasteiger charge is -2.17. The van der Waals surface area contributed by atoms with Crippen LogP contribution in [0.5, 0.6) is 5.75 Å². The Morgan fingerprint density at radius 3 is 2.62 bits per heavy atom. The Balaban J connectivity index is 1.48. The molecule has 5 nitrogen and oxygen atoms in total. The number of likely N-dealkylation sites (tertiary alicyclic amines) is 1. The molecule has 2 aromatic rings. The molecule has 0 saturated carbocycles. The lowest BCUT2D eigenvalue weighted by molar-refractivity contribution is 0.225. The molecule has 1 aliphatic rings. The van der Waals surface area contributed by atoms with Crippen LogP contribution in [-0.4, -0.2) is 57.0 Å². The van der Waals surface area contributed by atoms with Gasteiger partial charge in [0.25, 0.3) is 0 Å². The maximum Gasteiger partial charge on any atom is 0.180 e. The van der Waals surface area contributed by atoms with E-state index in [0.717, 1.165) is 31.1 Å². The average Bonchev–Trinajstić information content (AvgIpc) is 3.05. The van der Waals surface area contributed by atoms with Crippen molar-refractivity contribution < 1.29 is 18.3 Å². The summed E-state index contributed by atoms with van der Waals surface area (Å²) < 4.78 is 29.8. The minimum atomic E-state index is -3.43. The molecule has 2 aromatic carbocycles. The minimum absolute atomic E-state index is 0.209. The molecule has 158 valence electrons. The number of hydrogen-bond acceptors (Lipinski definition) is 5. The van der Waals surface area contributed by atoms with Gasteiger partial charge < -0.3 is 14.7 Å². The summed E-state index contributed by atoms with van der Waals surface area (Å²) in [6, 6.07) is 14.4. The number of nitrogens with zero attached hydrogens (tertiary/aromatic N) is 1. The number of halogens is 1. The smallest absolute Gasteiger partial charge is 0.180 e. The summed E-state index contributed by atoms with van der Waals surface area (Å²) in [5.41, 5.74) is 1.25. The molecular formula is C22H28ClNO4S. The van der Waals surface area contributed by atoms with E-state index >= 15 is 0 Å². The summed E-state index contributed by atoms with van der Waals surface area (Å²) in [6.45, 7) is 5.51.